The number of sulfonamides is 1. The second-order valence-electron chi connectivity index (χ2n) is 4.80. The van der Waals surface area contributed by atoms with Crippen molar-refractivity contribution in [1.29, 1.82) is 0 Å². The van der Waals surface area contributed by atoms with Crippen LogP contribution in [0, 0.1) is 0 Å². The van der Waals surface area contributed by atoms with Crippen LogP contribution in [0.25, 0.3) is 0 Å². The van der Waals surface area contributed by atoms with Gasteiger partial charge in [-0.05, 0) is 19.4 Å². The van der Waals surface area contributed by atoms with Crippen LogP contribution in [-0.4, -0.2) is 60.2 Å². The zero-order chi connectivity index (χ0) is 14.7. The Morgan fingerprint density at radius 2 is 1.84 bits per heavy atom. The topological polar surface area (TPSA) is 76.7 Å². The minimum Gasteiger partial charge on any atom is -0.382 e. The van der Waals surface area contributed by atoms with Gasteiger partial charge in [0.1, 0.15) is 0 Å². The van der Waals surface area contributed by atoms with Crippen LogP contribution >= 0.6 is 0 Å². The Hall–Kier alpha value is -0.210. The zero-order valence-corrected chi connectivity index (χ0v) is 13.3. The zero-order valence-electron chi connectivity index (χ0n) is 12.4. The first-order chi connectivity index (χ1) is 8.91. The summed E-state index contributed by atoms with van der Waals surface area (Å²) in [5, 5.41) is 3.26. The van der Waals surface area contributed by atoms with Gasteiger partial charge in [0.25, 0.3) is 0 Å². The minimum atomic E-state index is -3.22. The average molecular weight is 296 g/mol. The van der Waals surface area contributed by atoms with Crippen molar-refractivity contribution in [3.8, 4) is 0 Å². The summed E-state index contributed by atoms with van der Waals surface area (Å²) in [6, 6.07) is 0.436. The van der Waals surface area contributed by atoms with Gasteiger partial charge in [0, 0.05) is 26.8 Å². The van der Waals surface area contributed by atoms with Gasteiger partial charge in [-0.15, -0.1) is 0 Å². The van der Waals surface area contributed by atoms with E-state index in [0.717, 1.165) is 13.0 Å². The van der Waals surface area contributed by atoms with Gasteiger partial charge in [-0.2, -0.15) is 0 Å². The van der Waals surface area contributed by atoms with Crippen molar-refractivity contribution in [2.45, 2.75) is 38.8 Å². The maximum absolute atomic E-state index is 11.7. The second kappa shape index (κ2) is 10.6. The fourth-order valence-electron chi connectivity index (χ4n) is 1.50. The van der Waals surface area contributed by atoms with Gasteiger partial charge in [0.15, 0.2) is 0 Å². The lowest BCUT2D eigenvalue weighted by Crippen LogP contribution is -2.36. The molecule has 1 atom stereocenters. The van der Waals surface area contributed by atoms with E-state index in [1.54, 1.807) is 7.11 Å². The second-order valence-corrected chi connectivity index (χ2v) is 6.72. The van der Waals surface area contributed by atoms with Gasteiger partial charge < -0.3 is 14.8 Å². The number of hydrogen-bond acceptors (Lipinski definition) is 5. The molecular weight excluding hydrogens is 268 g/mol. The van der Waals surface area contributed by atoms with Crippen LogP contribution in [0.5, 0.6) is 0 Å². The molecule has 0 aromatic carbocycles. The summed E-state index contributed by atoms with van der Waals surface area (Å²) >= 11 is 0. The molecule has 0 amide bonds. The highest BCUT2D eigenvalue weighted by Gasteiger charge is 2.13. The molecule has 0 aliphatic heterocycles. The van der Waals surface area contributed by atoms with Crippen LogP contribution in [-0.2, 0) is 19.5 Å². The fourth-order valence-corrected chi connectivity index (χ4v) is 2.66. The first kappa shape index (κ1) is 18.8. The molecule has 0 heterocycles. The Morgan fingerprint density at radius 1 is 1.16 bits per heavy atom. The van der Waals surface area contributed by atoms with Gasteiger partial charge in [-0.1, -0.05) is 13.8 Å². The average Bonchev–Trinajstić information content (AvgIpc) is 2.33. The Labute approximate surface area is 117 Å². The van der Waals surface area contributed by atoms with Crippen LogP contribution < -0.4 is 10.0 Å². The minimum absolute atomic E-state index is 0.149. The molecule has 0 saturated heterocycles. The van der Waals surface area contributed by atoms with Crippen molar-refractivity contribution in [1.82, 2.24) is 10.0 Å². The molecule has 0 radical (unpaired) electrons. The molecule has 0 bridgehead atoms. The molecule has 0 spiro atoms. The third kappa shape index (κ3) is 11.3. The summed E-state index contributed by atoms with van der Waals surface area (Å²) in [5.74, 6) is 0.149. The van der Waals surface area contributed by atoms with Crippen LogP contribution in [0.1, 0.15) is 26.7 Å². The highest BCUT2D eigenvalue weighted by Crippen LogP contribution is 1.96. The lowest BCUT2D eigenvalue weighted by atomic mass is 10.3. The van der Waals surface area contributed by atoms with Gasteiger partial charge in [-0.3, -0.25) is 0 Å². The Bertz CT molecular complexity index is 307. The lowest BCUT2D eigenvalue weighted by molar-refractivity contribution is 0.0320. The first-order valence-electron chi connectivity index (χ1n) is 6.63. The predicted octanol–water partition coefficient (Wildman–Crippen LogP) is 0.345. The molecular formula is C12H28N2O4S. The number of ether oxygens (including phenoxy) is 2. The monoisotopic (exact) mass is 296 g/mol. The number of unbranched alkanes of at least 4 members (excludes halogenated alkanes) is 1. The smallest absolute Gasteiger partial charge is 0.211 e. The molecule has 0 aliphatic rings. The van der Waals surface area contributed by atoms with Crippen molar-refractivity contribution in [2.75, 3.05) is 39.7 Å². The van der Waals surface area contributed by atoms with Crippen molar-refractivity contribution >= 4 is 10.0 Å². The summed E-state index contributed by atoms with van der Waals surface area (Å²) in [5.41, 5.74) is 0. The maximum Gasteiger partial charge on any atom is 0.211 e. The van der Waals surface area contributed by atoms with Crippen LogP contribution in [0.15, 0.2) is 0 Å². The molecule has 0 aromatic rings. The van der Waals surface area contributed by atoms with E-state index in [0.29, 0.717) is 19.1 Å². The van der Waals surface area contributed by atoms with Gasteiger partial charge >= 0.3 is 0 Å². The van der Waals surface area contributed by atoms with Crippen LogP contribution in [0.4, 0.5) is 0 Å². The van der Waals surface area contributed by atoms with Gasteiger partial charge in [0.05, 0.1) is 18.5 Å². The molecule has 1 unspecified atom stereocenters. The Balaban J connectivity index is 3.79. The van der Waals surface area contributed by atoms with Crippen LogP contribution in [0.2, 0.25) is 0 Å². The number of methoxy groups -OCH3 is 2. The first-order valence-corrected chi connectivity index (χ1v) is 8.29. The standard InChI is InChI=1S/C12H28N2O4S/c1-11(2)13-7-5-6-8-19(15,16)14-9-12(18-4)10-17-3/h11-14H,5-10H2,1-4H3. The predicted molar refractivity (Wildman–Crippen MR) is 76.8 cm³/mol. The molecule has 19 heavy (non-hydrogen) atoms. The summed E-state index contributed by atoms with van der Waals surface area (Å²) < 4.78 is 36.0. The summed E-state index contributed by atoms with van der Waals surface area (Å²) in [7, 11) is -0.124. The van der Waals surface area contributed by atoms with Crippen molar-refractivity contribution in [3.63, 3.8) is 0 Å². The van der Waals surface area contributed by atoms with E-state index in [4.69, 9.17) is 9.47 Å². The van der Waals surface area contributed by atoms with Crippen molar-refractivity contribution in [2.24, 2.45) is 0 Å². The normalized spacial score (nSPS) is 13.9. The molecule has 0 aliphatic carbocycles. The number of nitrogens with one attached hydrogen (secondary N) is 2. The molecule has 116 valence electrons. The van der Waals surface area contributed by atoms with E-state index < -0.39 is 10.0 Å². The molecule has 7 heteroatoms. The van der Waals surface area contributed by atoms with Gasteiger partial charge in [0.2, 0.25) is 10.0 Å². The van der Waals surface area contributed by atoms with Crippen molar-refractivity contribution < 1.29 is 17.9 Å². The highest BCUT2D eigenvalue weighted by molar-refractivity contribution is 7.89. The van der Waals surface area contributed by atoms with E-state index in [1.165, 1.54) is 7.11 Å². The van der Waals surface area contributed by atoms with E-state index in [-0.39, 0.29) is 18.4 Å². The highest BCUT2D eigenvalue weighted by atomic mass is 32.2. The molecule has 2 N–H and O–H groups in total. The summed E-state index contributed by atoms with van der Waals surface area (Å²) in [6.07, 6.45) is 1.25. The largest absolute Gasteiger partial charge is 0.382 e. The fraction of sp³-hybridized carbons (Fsp3) is 1.00. The molecule has 0 rings (SSSR count). The Kier molecular flexibility index (Phi) is 10.4. The van der Waals surface area contributed by atoms with E-state index in [1.807, 2.05) is 0 Å². The maximum atomic E-state index is 11.7. The SMILES string of the molecule is COCC(CNS(=O)(=O)CCCCNC(C)C)OC. The van der Waals surface area contributed by atoms with E-state index in [2.05, 4.69) is 23.9 Å². The Morgan fingerprint density at radius 3 is 2.37 bits per heavy atom. The summed E-state index contributed by atoms with van der Waals surface area (Å²) in [4.78, 5) is 0. The van der Waals surface area contributed by atoms with E-state index >= 15 is 0 Å². The molecule has 0 saturated carbocycles. The number of rotatable bonds is 12. The molecule has 0 aromatic heterocycles. The molecule has 0 fully saturated rings. The van der Waals surface area contributed by atoms with Crippen LogP contribution in [0.3, 0.4) is 0 Å². The summed E-state index contributed by atoms with van der Waals surface area (Å²) in [6.45, 7) is 5.60. The third-order valence-corrected chi connectivity index (χ3v) is 4.04. The third-order valence-electron chi connectivity index (χ3n) is 2.61. The van der Waals surface area contributed by atoms with E-state index in [9.17, 15) is 8.42 Å². The van der Waals surface area contributed by atoms with Gasteiger partial charge in [-0.25, -0.2) is 13.1 Å². The van der Waals surface area contributed by atoms with Crippen molar-refractivity contribution in [3.05, 3.63) is 0 Å². The number of hydrogen-bond donors (Lipinski definition) is 2. The lowest BCUT2D eigenvalue weighted by Gasteiger charge is -2.15. The molecule has 6 nitrogen and oxygen atoms in total. The quantitative estimate of drug-likeness (QED) is 0.508.